The number of carbonyl (C=O) groups excluding carboxylic acids is 1. The van der Waals surface area contributed by atoms with Gasteiger partial charge in [-0.05, 0) is 52.2 Å². The van der Waals surface area contributed by atoms with Crippen molar-refractivity contribution in [3.05, 3.63) is 0 Å². The minimum atomic E-state index is 0.303. The van der Waals surface area contributed by atoms with Crippen LogP contribution in [-0.2, 0) is 4.79 Å². The maximum atomic E-state index is 11.1. The molecule has 2 aliphatic rings. The predicted octanol–water partition coefficient (Wildman–Crippen LogP) is 1.14. The summed E-state index contributed by atoms with van der Waals surface area (Å²) in [5.41, 5.74) is 0. The average Bonchev–Trinajstić information content (AvgIpc) is 2.69. The van der Waals surface area contributed by atoms with E-state index in [0.717, 1.165) is 19.1 Å². The zero-order valence-electron chi connectivity index (χ0n) is 9.74. The van der Waals surface area contributed by atoms with Crippen LogP contribution in [0.3, 0.4) is 0 Å². The second-order valence-corrected chi connectivity index (χ2v) is 4.98. The SMILES string of the molecule is CC(=O)CN1CCCC(N2CCCC2)C1. The van der Waals surface area contributed by atoms with Crippen molar-refractivity contribution in [1.82, 2.24) is 9.80 Å². The van der Waals surface area contributed by atoms with E-state index in [-0.39, 0.29) is 0 Å². The first-order valence-corrected chi connectivity index (χ1v) is 6.21. The highest BCUT2D eigenvalue weighted by Crippen LogP contribution is 2.20. The lowest BCUT2D eigenvalue weighted by atomic mass is 10.0. The summed E-state index contributed by atoms with van der Waals surface area (Å²) in [6, 6.07) is 0.723. The zero-order chi connectivity index (χ0) is 10.7. The van der Waals surface area contributed by atoms with Crippen LogP contribution in [0.4, 0.5) is 0 Å². The van der Waals surface area contributed by atoms with Crippen LogP contribution in [0.2, 0.25) is 0 Å². The van der Waals surface area contributed by atoms with Gasteiger partial charge >= 0.3 is 0 Å². The molecule has 0 aliphatic carbocycles. The van der Waals surface area contributed by atoms with Gasteiger partial charge in [-0.15, -0.1) is 0 Å². The molecule has 2 fully saturated rings. The predicted molar refractivity (Wildman–Crippen MR) is 61.0 cm³/mol. The highest BCUT2D eigenvalue weighted by atomic mass is 16.1. The van der Waals surface area contributed by atoms with Crippen molar-refractivity contribution in [3.8, 4) is 0 Å². The Morgan fingerprint density at radius 2 is 1.93 bits per heavy atom. The van der Waals surface area contributed by atoms with Crippen molar-refractivity contribution in [2.75, 3.05) is 32.7 Å². The third-order valence-corrected chi connectivity index (χ3v) is 3.58. The van der Waals surface area contributed by atoms with Gasteiger partial charge in [0.25, 0.3) is 0 Å². The molecule has 0 amide bonds. The highest BCUT2D eigenvalue weighted by molar-refractivity contribution is 5.77. The third kappa shape index (κ3) is 3.02. The van der Waals surface area contributed by atoms with Crippen molar-refractivity contribution < 1.29 is 4.79 Å². The maximum absolute atomic E-state index is 11.1. The van der Waals surface area contributed by atoms with Crippen molar-refractivity contribution in [2.24, 2.45) is 0 Å². The molecule has 2 saturated heterocycles. The standard InChI is InChI=1S/C12H22N2O/c1-11(15)9-13-6-4-5-12(10-13)14-7-2-3-8-14/h12H,2-10H2,1H3. The molecule has 0 aromatic carbocycles. The van der Waals surface area contributed by atoms with Gasteiger partial charge in [-0.25, -0.2) is 0 Å². The fourth-order valence-electron chi connectivity index (χ4n) is 2.89. The smallest absolute Gasteiger partial charge is 0.143 e. The summed E-state index contributed by atoms with van der Waals surface area (Å²) in [4.78, 5) is 16.0. The number of likely N-dealkylation sites (tertiary alicyclic amines) is 2. The van der Waals surface area contributed by atoms with Gasteiger partial charge in [-0.2, -0.15) is 0 Å². The van der Waals surface area contributed by atoms with E-state index in [1.165, 1.54) is 38.8 Å². The second-order valence-electron chi connectivity index (χ2n) is 4.98. The van der Waals surface area contributed by atoms with E-state index in [1.54, 1.807) is 6.92 Å². The summed E-state index contributed by atoms with van der Waals surface area (Å²) in [7, 11) is 0. The van der Waals surface area contributed by atoms with Crippen LogP contribution in [0.15, 0.2) is 0 Å². The van der Waals surface area contributed by atoms with Gasteiger partial charge in [0, 0.05) is 12.6 Å². The largest absolute Gasteiger partial charge is 0.299 e. The van der Waals surface area contributed by atoms with E-state index in [2.05, 4.69) is 9.80 Å². The van der Waals surface area contributed by atoms with Gasteiger partial charge in [-0.1, -0.05) is 0 Å². The number of rotatable bonds is 3. The fourth-order valence-corrected chi connectivity index (χ4v) is 2.89. The first-order valence-electron chi connectivity index (χ1n) is 6.21. The lowest BCUT2D eigenvalue weighted by molar-refractivity contribution is -0.118. The molecule has 0 bridgehead atoms. The Morgan fingerprint density at radius 3 is 2.60 bits per heavy atom. The molecule has 0 N–H and O–H groups in total. The molecule has 1 atom stereocenters. The molecular formula is C12H22N2O. The molecule has 0 radical (unpaired) electrons. The molecule has 15 heavy (non-hydrogen) atoms. The van der Waals surface area contributed by atoms with Gasteiger partial charge in [0.1, 0.15) is 5.78 Å². The third-order valence-electron chi connectivity index (χ3n) is 3.58. The number of hydrogen-bond acceptors (Lipinski definition) is 3. The van der Waals surface area contributed by atoms with Crippen LogP contribution in [0.5, 0.6) is 0 Å². The fraction of sp³-hybridized carbons (Fsp3) is 0.917. The summed E-state index contributed by atoms with van der Waals surface area (Å²) in [5.74, 6) is 0.303. The Bertz CT molecular complexity index is 224. The molecule has 2 rings (SSSR count). The molecule has 1 unspecified atom stereocenters. The Hall–Kier alpha value is -0.410. The van der Waals surface area contributed by atoms with Crippen LogP contribution in [0.1, 0.15) is 32.6 Å². The summed E-state index contributed by atoms with van der Waals surface area (Å²) >= 11 is 0. The van der Waals surface area contributed by atoms with Crippen molar-refractivity contribution in [2.45, 2.75) is 38.6 Å². The lowest BCUT2D eigenvalue weighted by Crippen LogP contribution is -2.48. The van der Waals surface area contributed by atoms with Crippen LogP contribution in [0, 0.1) is 0 Å². The van der Waals surface area contributed by atoms with E-state index in [1.807, 2.05) is 0 Å². The van der Waals surface area contributed by atoms with E-state index < -0.39 is 0 Å². The van der Waals surface area contributed by atoms with Crippen molar-refractivity contribution in [3.63, 3.8) is 0 Å². The summed E-state index contributed by atoms with van der Waals surface area (Å²) in [6.07, 6.45) is 5.31. The van der Waals surface area contributed by atoms with Crippen molar-refractivity contribution >= 4 is 5.78 Å². The first-order chi connectivity index (χ1) is 7.25. The number of piperidine rings is 1. The van der Waals surface area contributed by atoms with Crippen LogP contribution in [0.25, 0.3) is 0 Å². The second kappa shape index (κ2) is 5.08. The first kappa shape index (κ1) is 11.1. The Morgan fingerprint density at radius 1 is 1.20 bits per heavy atom. The molecule has 0 saturated carbocycles. The molecular weight excluding hydrogens is 188 g/mol. The Kier molecular flexibility index (Phi) is 3.76. The van der Waals surface area contributed by atoms with Gasteiger partial charge < -0.3 is 0 Å². The summed E-state index contributed by atoms with van der Waals surface area (Å²) < 4.78 is 0. The Balaban J connectivity index is 1.83. The van der Waals surface area contributed by atoms with Crippen LogP contribution >= 0.6 is 0 Å². The average molecular weight is 210 g/mol. The number of carbonyl (C=O) groups is 1. The zero-order valence-corrected chi connectivity index (χ0v) is 9.74. The van der Waals surface area contributed by atoms with Gasteiger partial charge in [-0.3, -0.25) is 14.6 Å². The number of nitrogens with zero attached hydrogens (tertiary/aromatic N) is 2. The van der Waals surface area contributed by atoms with Crippen LogP contribution in [-0.4, -0.2) is 54.3 Å². The topological polar surface area (TPSA) is 23.6 Å². The molecule has 0 spiro atoms. The maximum Gasteiger partial charge on any atom is 0.143 e. The monoisotopic (exact) mass is 210 g/mol. The van der Waals surface area contributed by atoms with E-state index >= 15 is 0 Å². The van der Waals surface area contributed by atoms with E-state index in [4.69, 9.17) is 0 Å². The number of ketones is 1. The van der Waals surface area contributed by atoms with Crippen LogP contribution < -0.4 is 0 Å². The number of Topliss-reactive ketones (excluding diaryl/α,β-unsaturated/α-hetero) is 1. The lowest BCUT2D eigenvalue weighted by Gasteiger charge is -2.37. The summed E-state index contributed by atoms with van der Waals surface area (Å²) in [5, 5.41) is 0. The normalized spacial score (nSPS) is 29.5. The molecule has 86 valence electrons. The van der Waals surface area contributed by atoms with E-state index in [9.17, 15) is 4.79 Å². The molecule has 3 nitrogen and oxygen atoms in total. The minimum absolute atomic E-state index is 0.303. The van der Waals surface area contributed by atoms with Gasteiger partial charge in [0.2, 0.25) is 0 Å². The molecule has 0 aromatic rings. The molecule has 0 aromatic heterocycles. The quantitative estimate of drug-likeness (QED) is 0.698. The molecule has 2 aliphatic heterocycles. The number of hydrogen-bond donors (Lipinski definition) is 0. The highest BCUT2D eigenvalue weighted by Gasteiger charge is 2.27. The minimum Gasteiger partial charge on any atom is -0.299 e. The summed E-state index contributed by atoms with van der Waals surface area (Å²) in [6.45, 7) is 7.13. The van der Waals surface area contributed by atoms with Gasteiger partial charge in [0.05, 0.1) is 6.54 Å². The molecule has 3 heteroatoms. The van der Waals surface area contributed by atoms with Gasteiger partial charge in [0.15, 0.2) is 0 Å². The van der Waals surface area contributed by atoms with E-state index in [0.29, 0.717) is 12.3 Å². The Labute approximate surface area is 92.4 Å². The van der Waals surface area contributed by atoms with Crippen molar-refractivity contribution in [1.29, 1.82) is 0 Å². The molecule has 2 heterocycles.